The van der Waals surface area contributed by atoms with Crippen LogP contribution in [-0.4, -0.2) is 9.97 Å². The minimum atomic E-state index is 0.548. The van der Waals surface area contributed by atoms with Gasteiger partial charge in [-0.1, -0.05) is 19.1 Å². The summed E-state index contributed by atoms with van der Waals surface area (Å²) in [7, 11) is 0. The lowest BCUT2D eigenvalue weighted by Gasteiger charge is -2.00. The quantitative estimate of drug-likeness (QED) is 0.723. The third-order valence-corrected chi connectivity index (χ3v) is 1.63. The first-order valence-corrected chi connectivity index (χ1v) is 3.99. The van der Waals surface area contributed by atoms with Crippen LogP contribution in [0.3, 0.4) is 0 Å². The number of hydrogen-bond acceptors (Lipinski definition) is 3. The van der Waals surface area contributed by atoms with Crippen LogP contribution < -0.4 is 5.73 Å². The Bertz CT molecular complexity index is 272. The van der Waals surface area contributed by atoms with Crippen molar-refractivity contribution in [3.63, 3.8) is 0 Å². The Morgan fingerprint density at radius 3 is 2.83 bits per heavy atom. The molecule has 1 heterocycles. The fraction of sp³-hybridized carbons (Fsp3) is 0.333. The lowest BCUT2D eigenvalue weighted by Crippen LogP contribution is -1.97. The molecule has 0 spiro atoms. The number of nitrogens with zero attached hydrogens (tertiary/aromatic N) is 2. The van der Waals surface area contributed by atoms with Crippen LogP contribution in [0.4, 0.5) is 5.82 Å². The summed E-state index contributed by atoms with van der Waals surface area (Å²) in [5, 5.41) is 0. The highest BCUT2D eigenvalue weighted by atomic mass is 14.9. The molecule has 0 aliphatic carbocycles. The molecule has 0 bridgehead atoms. The Hall–Kier alpha value is -1.38. The van der Waals surface area contributed by atoms with E-state index in [1.807, 2.05) is 19.1 Å². The van der Waals surface area contributed by atoms with Crippen molar-refractivity contribution in [1.29, 1.82) is 0 Å². The first-order chi connectivity index (χ1) is 5.75. The van der Waals surface area contributed by atoms with Gasteiger partial charge in [-0.3, -0.25) is 0 Å². The van der Waals surface area contributed by atoms with Crippen LogP contribution in [0.15, 0.2) is 12.4 Å². The maximum absolute atomic E-state index is 5.66. The standard InChI is InChI=1S/C9H13N3/c1-3-4-5-8-7(2)11-6-12-9(8)10/h4-6H,3H2,1-2H3,(H2,10,11,12)/b5-4-. The lowest BCUT2D eigenvalue weighted by molar-refractivity contribution is 1.10. The topological polar surface area (TPSA) is 51.8 Å². The van der Waals surface area contributed by atoms with Gasteiger partial charge in [-0.2, -0.15) is 0 Å². The number of rotatable bonds is 2. The van der Waals surface area contributed by atoms with Crippen molar-refractivity contribution >= 4 is 11.9 Å². The number of anilines is 1. The van der Waals surface area contributed by atoms with Gasteiger partial charge in [0.05, 0.1) is 5.69 Å². The van der Waals surface area contributed by atoms with Gasteiger partial charge in [0.15, 0.2) is 0 Å². The number of hydrogen-bond donors (Lipinski definition) is 1. The van der Waals surface area contributed by atoms with Crippen LogP contribution in [0.5, 0.6) is 0 Å². The summed E-state index contributed by atoms with van der Waals surface area (Å²) in [5.74, 6) is 0.548. The van der Waals surface area contributed by atoms with Crippen LogP contribution in [0.2, 0.25) is 0 Å². The van der Waals surface area contributed by atoms with Crippen molar-refractivity contribution in [2.75, 3.05) is 5.73 Å². The molecule has 1 aromatic rings. The van der Waals surface area contributed by atoms with E-state index in [1.54, 1.807) is 0 Å². The molecule has 0 aromatic carbocycles. The third kappa shape index (κ3) is 1.81. The van der Waals surface area contributed by atoms with E-state index in [9.17, 15) is 0 Å². The highest BCUT2D eigenvalue weighted by Crippen LogP contribution is 2.12. The molecule has 2 N–H and O–H groups in total. The second-order valence-corrected chi connectivity index (χ2v) is 2.57. The molecule has 0 saturated carbocycles. The summed E-state index contributed by atoms with van der Waals surface area (Å²) in [5.41, 5.74) is 7.51. The minimum absolute atomic E-state index is 0.548. The molecule has 0 unspecified atom stereocenters. The molecule has 1 aromatic heterocycles. The van der Waals surface area contributed by atoms with E-state index in [-0.39, 0.29) is 0 Å². The first-order valence-electron chi connectivity index (χ1n) is 3.99. The van der Waals surface area contributed by atoms with E-state index < -0.39 is 0 Å². The molecule has 0 atom stereocenters. The van der Waals surface area contributed by atoms with E-state index in [0.29, 0.717) is 5.82 Å². The second kappa shape index (κ2) is 3.85. The normalized spacial score (nSPS) is 10.8. The maximum Gasteiger partial charge on any atom is 0.134 e. The molecular formula is C9H13N3. The number of nitrogens with two attached hydrogens (primary N) is 1. The van der Waals surface area contributed by atoms with Gasteiger partial charge >= 0.3 is 0 Å². The fourth-order valence-electron chi connectivity index (χ4n) is 0.944. The van der Waals surface area contributed by atoms with Gasteiger partial charge in [0.25, 0.3) is 0 Å². The monoisotopic (exact) mass is 163 g/mol. The van der Waals surface area contributed by atoms with E-state index in [1.165, 1.54) is 6.33 Å². The SMILES string of the molecule is CC/C=C\c1c(C)ncnc1N. The summed E-state index contributed by atoms with van der Waals surface area (Å²) in [6, 6.07) is 0. The molecule has 3 heteroatoms. The second-order valence-electron chi connectivity index (χ2n) is 2.57. The van der Waals surface area contributed by atoms with Gasteiger partial charge in [0, 0.05) is 5.56 Å². The molecule has 3 nitrogen and oxygen atoms in total. The number of aromatic nitrogens is 2. The molecule has 64 valence electrons. The van der Waals surface area contributed by atoms with Gasteiger partial charge in [-0.25, -0.2) is 9.97 Å². The fourth-order valence-corrected chi connectivity index (χ4v) is 0.944. The third-order valence-electron chi connectivity index (χ3n) is 1.63. The highest BCUT2D eigenvalue weighted by Gasteiger charge is 1.99. The van der Waals surface area contributed by atoms with E-state index in [4.69, 9.17) is 5.73 Å². The van der Waals surface area contributed by atoms with E-state index in [2.05, 4.69) is 16.9 Å². The van der Waals surface area contributed by atoms with Crippen molar-refractivity contribution in [1.82, 2.24) is 9.97 Å². The Kier molecular flexibility index (Phi) is 2.80. The Labute approximate surface area is 72.3 Å². The van der Waals surface area contributed by atoms with Crippen molar-refractivity contribution in [2.24, 2.45) is 0 Å². The molecule has 0 saturated heterocycles. The predicted octanol–water partition coefficient (Wildman–Crippen LogP) is 1.79. The van der Waals surface area contributed by atoms with Gasteiger partial charge in [-0.05, 0) is 13.3 Å². The lowest BCUT2D eigenvalue weighted by atomic mass is 10.2. The molecule has 0 amide bonds. The molecule has 0 radical (unpaired) electrons. The smallest absolute Gasteiger partial charge is 0.134 e. The van der Waals surface area contributed by atoms with Crippen molar-refractivity contribution in [3.8, 4) is 0 Å². The van der Waals surface area contributed by atoms with Crippen LogP contribution in [0.1, 0.15) is 24.6 Å². The Balaban J connectivity index is 3.04. The molecule has 0 aliphatic rings. The minimum Gasteiger partial charge on any atom is -0.383 e. The van der Waals surface area contributed by atoms with Gasteiger partial charge < -0.3 is 5.73 Å². The zero-order chi connectivity index (χ0) is 8.97. The summed E-state index contributed by atoms with van der Waals surface area (Å²) in [6.07, 6.45) is 6.48. The molecule has 1 rings (SSSR count). The molecule has 0 fully saturated rings. The van der Waals surface area contributed by atoms with Crippen molar-refractivity contribution < 1.29 is 0 Å². The number of allylic oxidation sites excluding steroid dienone is 1. The summed E-state index contributed by atoms with van der Waals surface area (Å²) in [6.45, 7) is 4.00. The summed E-state index contributed by atoms with van der Waals surface area (Å²) in [4.78, 5) is 7.96. The van der Waals surface area contributed by atoms with Crippen molar-refractivity contribution in [2.45, 2.75) is 20.3 Å². The zero-order valence-corrected chi connectivity index (χ0v) is 7.41. The van der Waals surface area contributed by atoms with E-state index >= 15 is 0 Å². The van der Waals surface area contributed by atoms with Crippen molar-refractivity contribution in [3.05, 3.63) is 23.7 Å². The Morgan fingerprint density at radius 2 is 2.25 bits per heavy atom. The van der Waals surface area contributed by atoms with Gasteiger partial charge in [0.1, 0.15) is 12.1 Å². The first kappa shape index (κ1) is 8.71. The van der Waals surface area contributed by atoms with Gasteiger partial charge in [0.2, 0.25) is 0 Å². The number of aryl methyl sites for hydroxylation is 1. The zero-order valence-electron chi connectivity index (χ0n) is 7.41. The summed E-state index contributed by atoms with van der Waals surface area (Å²) < 4.78 is 0. The van der Waals surface area contributed by atoms with Crippen LogP contribution in [0, 0.1) is 6.92 Å². The summed E-state index contributed by atoms with van der Waals surface area (Å²) >= 11 is 0. The van der Waals surface area contributed by atoms with Gasteiger partial charge in [-0.15, -0.1) is 0 Å². The number of nitrogen functional groups attached to an aromatic ring is 1. The largest absolute Gasteiger partial charge is 0.383 e. The maximum atomic E-state index is 5.66. The average molecular weight is 163 g/mol. The Morgan fingerprint density at radius 1 is 1.50 bits per heavy atom. The highest BCUT2D eigenvalue weighted by molar-refractivity contribution is 5.62. The molecule has 0 aliphatic heterocycles. The average Bonchev–Trinajstić information content (AvgIpc) is 2.04. The van der Waals surface area contributed by atoms with Crippen LogP contribution in [-0.2, 0) is 0 Å². The predicted molar refractivity (Wildman–Crippen MR) is 50.5 cm³/mol. The van der Waals surface area contributed by atoms with E-state index in [0.717, 1.165) is 17.7 Å². The van der Waals surface area contributed by atoms with Crippen LogP contribution in [0.25, 0.3) is 6.08 Å². The van der Waals surface area contributed by atoms with Crippen LogP contribution >= 0.6 is 0 Å². The molecule has 12 heavy (non-hydrogen) atoms. The molecular weight excluding hydrogens is 150 g/mol.